The van der Waals surface area contributed by atoms with Crippen LogP contribution in [0.3, 0.4) is 0 Å². The predicted octanol–water partition coefficient (Wildman–Crippen LogP) is 4.31. The summed E-state index contributed by atoms with van der Waals surface area (Å²) < 4.78 is 23.2. The van der Waals surface area contributed by atoms with E-state index >= 15 is 0 Å². The molecule has 1 fully saturated rings. The van der Waals surface area contributed by atoms with E-state index in [4.69, 9.17) is 18.9 Å². The molecule has 202 valence electrons. The van der Waals surface area contributed by atoms with E-state index in [1.54, 1.807) is 12.2 Å². The summed E-state index contributed by atoms with van der Waals surface area (Å²) in [5.74, 6) is -0.537. The minimum absolute atomic E-state index is 0.104. The van der Waals surface area contributed by atoms with Crippen molar-refractivity contribution in [1.29, 1.82) is 0 Å². The number of esters is 1. The standard InChI is InChI=1S/C30H40O7/c1-19-12-13-34-23(15-19)10-11-25(31)27-18-28-30(37-28)26(32)17-21(3)14-20(2)16-24-8-4-6-22(35-24)7-5-9-29(33)36-27/h4-6,9-12,20,22-24,26-28,30,32H,3,7-8,13-18H2,1-2H3/b9-5-,11-10+/t20-,22-,23+,24-,26-,27-,28+,30?/m0/s1. The van der Waals surface area contributed by atoms with E-state index in [0.717, 1.165) is 31.3 Å². The van der Waals surface area contributed by atoms with Crippen molar-refractivity contribution < 1.29 is 33.6 Å². The van der Waals surface area contributed by atoms with E-state index in [2.05, 4.69) is 19.6 Å². The van der Waals surface area contributed by atoms with Gasteiger partial charge in [-0.15, -0.1) is 0 Å². The summed E-state index contributed by atoms with van der Waals surface area (Å²) in [6.45, 7) is 8.90. The molecule has 1 unspecified atom stereocenters. The lowest BCUT2D eigenvalue weighted by Crippen LogP contribution is -2.29. The van der Waals surface area contributed by atoms with Crippen molar-refractivity contribution in [1.82, 2.24) is 0 Å². The number of cyclic esters (lactones) is 1. The zero-order chi connectivity index (χ0) is 26.4. The highest BCUT2D eigenvalue weighted by atomic mass is 16.6. The van der Waals surface area contributed by atoms with Crippen LogP contribution < -0.4 is 0 Å². The molecule has 2 bridgehead atoms. The minimum atomic E-state index is -1.01. The molecule has 0 amide bonds. The number of aliphatic hydroxyl groups is 1. The molecule has 0 aromatic rings. The number of ketones is 1. The van der Waals surface area contributed by atoms with E-state index in [-0.39, 0.29) is 36.6 Å². The van der Waals surface area contributed by atoms with Crippen LogP contribution in [-0.4, -0.2) is 66.2 Å². The van der Waals surface area contributed by atoms with Crippen molar-refractivity contribution in [3.8, 4) is 0 Å². The number of rotatable bonds is 3. The van der Waals surface area contributed by atoms with Gasteiger partial charge in [-0.05, 0) is 57.4 Å². The third-order valence-corrected chi connectivity index (χ3v) is 7.30. The lowest BCUT2D eigenvalue weighted by Gasteiger charge is -2.28. The molecule has 0 spiro atoms. The van der Waals surface area contributed by atoms with Crippen molar-refractivity contribution >= 4 is 11.8 Å². The molecule has 0 aromatic heterocycles. The molecule has 37 heavy (non-hydrogen) atoms. The normalized spacial score (nSPS) is 38.6. The topological polar surface area (TPSA) is 94.6 Å². The summed E-state index contributed by atoms with van der Waals surface area (Å²) in [5, 5.41) is 10.7. The lowest BCUT2D eigenvalue weighted by molar-refractivity contribution is -0.149. The van der Waals surface area contributed by atoms with Gasteiger partial charge < -0.3 is 24.1 Å². The van der Waals surface area contributed by atoms with Gasteiger partial charge in [-0.1, -0.05) is 55.0 Å². The first-order valence-corrected chi connectivity index (χ1v) is 13.5. The highest BCUT2D eigenvalue weighted by Gasteiger charge is 2.46. The van der Waals surface area contributed by atoms with Gasteiger partial charge in [0.05, 0.1) is 37.1 Å². The molecule has 0 aromatic carbocycles. The molecule has 0 radical (unpaired) electrons. The molecule has 4 heterocycles. The van der Waals surface area contributed by atoms with Crippen molar-refractivity contribution in [3.05, 3.63) is 60.3 Å². The molecular formula is C30H40O7. The predicted molar refractivity (Wildman–Crippen MR) is 140 cm³/mol. The van der Waals surface area contributed by atoms with Crippen molar-refractivity contribution in [2.24, 2.45) is 5.92 Å². The van der Waals surface area contributed by atoms with Crippen LogP contribution >= 0.6 is 0 Å². The molecule has 1 N–H and O–H groups in total. The highest BCUT2D eigenvalue weighted by molar-refractivity contribution is 5.96. The summed E-state index contributed by atoms with van der Waals surface area (Å²) in [5.41, 5.74) is 2.18. The second-order valence-corrected chi connectivity index (χ2v) is 10.9. The van der Waals surface area contributed by atoms with Crippen LogP contribution in [0.2, 0.25) is 0 Å². The molecule has 1 saturated heterocycles. The van der Waals surface area contributed by atoms with E-state index in [9.17, 15) is 14.7 Å². The number of aliphatic hydroxyl groups excluding tert-OH is 1. The van der Waals surface area contributed by atoms with Crippen LogP contribution in [0, 0.1) is 5.92 Å². The number of hydrogen-bond donors (Lipinski definition) is 1. The van der Waals surface area contributed by atoms with Crippen LogP contribution in [0.25, 0.3) is 0 Å². The van der Waals surface area contributed by atoms with Gasteiger partial charge in [0.15, 0.2) is 11.9 Å². The van der Waals surface area contributed by atoms with E-state index in [1.807, 2.05) is 19.1 Å². The van der Waals surface area contributed by atoms with E-state index in [1.165, 1.54) is 17.7 Å². The second kappa shape index (κ2) is 13.0. The molecule has 4 aliphatic rings. The highest BCUT2D eigenvalue weighted by Crippen LogP contribution is 2.34. The van der Waals surface area contributed by atoms with Crippen LogP contribution in [0.5, 0.6) is 0 Å². The number of epoxide rings is 1. The smallest absolute Gasteiger partial charge is 0.331 e. The van der Waals surface area contributed by atoms with Crippen LogP contribution in [0.15, 0.2) is 60.3 Å². The zero-order valence-corrected chi connectivity index (χ0v) is 21.9. The maximum Gasteiger partial charge on any atom is 0.331 e. The molecule has 7 nitrogen and oxygen atoms in total. The molecule has 0 saturated carbocycles. The molecule has 4 rings (SSSR count). The first-order valence-electron chi connectivity index (χ1n) is 13.5. The Bertz CT molecular complexity index is 961. The number of carbonyl (C=O) groups is 2. The average Bonchev–Trinajstić information content (AvgIpc) is 3.61. The Morgan fingerprint density at radius 2 is 1.97 bits per heavy atom. The second-order valence-electron chi connectivity index (χ2n) is 10.9. The molecule has 4 aliphatic heterocycles. The minimum Gasteiger partial charge on any atom is -0.451 e. The Morgan fingerprint density at radius 3 is 2.78 bits per heavy atom. The lowest BCUT2D eigenvalue weighted by atomic mass is 9.91. The summed E-state index contributed by atoms with van der Waals surface area (Å²) >= 11 is 0. The van der Waals surface area contributed by atoms with E-state index in [0.29, 0.717) is 25.4 Å². The van der Waals surface area contributed by atoms with Crippen LogP contribution in [0.1, 0.15) is 58.8 Å². The fourth-order valence-electron chi connectivity index (χ4n) is 5.34. The SMILES string of the molecule is C=C1C[C@H](C)C[C@@H]2CC=C[C@@H](C/C=C\C(=O)O[C@H](C(=O)/C=C/[C@@H]3CC(C)=CCO3)C[C@H]3OC3[C@@H](O)C1)O2. The Hall–Kier alpha value is -2.32. The van der Waals surface area contributed by atoms with Gasteiger partial charge in [0.25, 0.3) is 0 Å². The summed E-state index contributed by atoms with van der Waals surface area (Å²) in [6.07, 6.45) is 14.2. The first-order chi connectivity index (χ1) is 17.8. The summed E-state index contributed by atoms with van der Waals surface area (Å²) in [6, 6.07) is 0. The first kappa shape index (κ1) is 27.7. The molecular weight excluding hydrogens is 472 g/mol. The fourth-order valence-corrected chi connectivity index (χ4v) is 5.34. The van der Waals surface area contributed by atoms with Crippen molar-refractivity contribution in [2.45, 2.75) is 102 Å². The van der Waals surface area contributed by atoms with Gasteiger partial charge in [-0.2, -0.15) is 0 Å². The quantitative estimate of drug-likeness (QED) is 0.261. The third-order valence-electron chi connectivity index (χ3n) is 7.30. The van der Waals surface area contributed by atoms with Gasteiger partial charge >= 0.3 is 5.97 Å². The van der Waals surface area contributed by atoms with Gasteiger partial charge in [0.1, 0.15) is 6.10 Å². The monoisotopic (exact) mass is 512 g/mol. The number of ether oxygens (including phenoxy) is 4. The largest absolute Gasteiger partial charge is 0.451 e. The molecule has 8 atom stereocenters. The summed E-state index contributed by atoms with van der Waals surface area (Å²) in [7, 11) is 0. The fraction of sp³-hybridized carbons (Fsp3) is 0.600. The maximum atomic E-state index is 13.0. The van der Waals surface area contributed by atoms with Gasteiger partial charge in [0, 0.05) is 12.5 Å². The average molecular weight is 513 g/mol. The maximum absolute atomic E-state index is 13.0. The van der Waals surface area contributed by atoms with E-state index < -0.39 is 24.3 Å². The Morgan fingerprint density at radius 1 is 1.14 bits per heavy atom. The van der Waals surface area contributed by atoms with Gasteiger partial charge in [-0.3, -0.25) is 4.79 Å². The summed E-state index contributed by atoms with van der Waals surface area (Å²) in [4.78, 5) is 25.7. The molecule has 0 aliphatic carbocycles. The third kappa shape index (κ3) is 8.60. The zero-order valence-electron chi connectivity index (χ0n) is 21.9. The molecule has 7 heteroatoms. The Labute approximate surface area is 219 Å². The van der Waals surface area contributed by atoms with Crippen molar-refractivity contribution in [2.75, 3.05) is 6.61 Å². The van der Waals surface area contributed by atoms with Gasteiger partial charge in [-0.25, -0.2) is 4.79 Å². The number of carbonyl (C=O) groups excluding carboxylic acids is 2. The van der Waals surface area contributed by atoms with Crippen LogP contribution in [-0.2, 0) is 28.5 Å². The van der Waals surface area contributed by atoms with Crippen molar-refractivity contribution in [3.63, 3.8) is 0 Å². The number of fused-ring (bicyclic) bond motifs is 3. The van der Waals surface area contributed by atoms with Gasteiger partial charge in [0.2, 0.25) is 0 Å². The van der Waals surface area contributed by atoms with Crippen LogP contribution in [0.4, 0.5) is 0 Å². The number of hydrogen-bond acceptors (Lipinski definition) is 7. The Kier molecular flexibility index (Phi) is 9.71. The Balaban J connectivity index is 1.45.